The van der Waals surface area contributed by atoms with Gasteiger partial charge in [0.1, 0.15) is 0 Å². The third-order valence-electron chi connectivity index (χ3n) is 4.72. The number of fused-ring (bicyclic) bond motifs is 1. The highest BCUT2D eigenvalue weighted by Gasteiger charge is 2.20. The van der Waals surface area contributed by atoms with Crippen molar-refractivity contribution in [3.05, 3.63) is 92.6 Å². The summed E-state index contributed by atoms with van der Waals surface area (Å²) in [6, 6.07) is 18.6. The number of hydrogen-bond donors (Lipinski definition) is 3. The molecule has 9 heteroatoms. The number of nitrogens with zero attached hydrogens (tertiary/aromatic N) is 4. The fourth-order valence-corrected chi connectivity index (χ4v) is 3.15. The van der Waals surface area contributed by atoms with Crippen molar-refractivity contribution in [1.82, 2.24) is 19.1 Å². The van der Waals surface area contributed by atoms with Gasteiger partial charge in [-0.05, 0) is 11.1 Å². The average molecular weight is 404 g/mol. The molecule has 0 aliphatic rings. The molecule has 0 bridgehead atoms. The van der Waals surface area contributed by atoms with Crippen molar-refractivity contribution in [1.29, 1.82) is 0 Å². The minimum Gasteiger partial charge on any atom is -0.387 e. The normalized spacial score (nSPS) is 12.5. The van der Waals surface area contributed by atoms with Crippen molar-refractivity contribution in [3.8, 4) is 0 Å². The van der Waals surface area contributed by atoms with Crippen LogP contribution in [0.4, 0.5) is 5.95 Å². The smallest absolute Gasteiger partial charge is 0.329 e. The molecule has 0 spiro atoms. The van der Waals surface area contributed by atoms with E-state index in [1.165, 1.54) is 16.2 Å². The van der Waals surface area contributed by atoms with Crippen LogP contribution in [0.1, 0.15) is 17.2 Å². The summed E-state index contributed by atoms with van der Waals surface area (Å²) in [6.45, 7) is 0.0466. The van der Waals surface area contributed by atoms with Crippen LogP contribution in [0.2, 0.25) is 0 Å². The first-order valence-electron chi connectivity index (χ1n) is 9.31. The quantitative estimate of drug-likeness (QED) is 0.333. The zero-order chi connectivity index (χ0) is 21.1. The topological polar surface area (TPSA) is 117 Å². The highest BCUT2D eigenvalue weighted by molar-refractivity contribution is 5.80. The number of aromatic nitrogens is 4. The van der Waals surface area contributed by atoms with Crippen LogP contribution in [0.5, 0.6) is 0 Å². The summed E-state index contributed by atoms with van der Waals surface area (Å²) in [4.78, 5) is 31.2. The van der Waals surface area contributed by atoms with Gasteiger partial charge in [0.2, 0.25) is 5.95 Å². The highest BCUT2D eigenvalue weighted by Crippen LogP contribution is 2.21. The number of aliphatic hydroxyl groups is 1. The number of rotatable bonds is 6. The molecule has 152 valence electrons. The summed E-state index contributed by atoms with van der Waals surface area (Å²) in [6.07, 6.45) is 0.722. The second-order valence-corrected chi connectivity index (χ2v) is 6.74. The van der Waals surface area contributed by atoms with Gasteiger partial charge in [0, 0.05) is 7.05 Å². The standard InChI is InChI=1S/C21H20N6O3/c1-26-18-17(19(29)24-21(26)30)27(13-16(28)15-10-6-3-7-11-15)20(23-18)25-22-12-14-8-4-2-5-9-14/h2-12,16,28H,13H2,1H3,(H,23,25)(H,24,29,30). The van der Waals surface area contributed by atoms with Crippen molar-refractivity contribution in [2.75, 3.05) is 5.43 Å². The molecule has 1 atom stereocenters. The SMILES string of the molecule is Cn1c(=O)[nH]c(=O)c2c1nc(NN=Cc1ccccc1)n2CC(O)c1ccccc1. The van der Waals surface area contributed by atoms with Crippen molar-refractivity contribution in [2.24, 2.45) is 12.1 Å². The van der Waals surface area contributed by atoms with Crippen LogP contribution in [0.25, 0.3) is 11.2 Å². The summed E-state index contributed by atoms with van der Waals surface area (Å²) in [5, 5.41) is 14.9. The Kier molecular flexibility index (Phi) is 5.27. The lowest BCUT2D eigenvalue weighted by Crippen LogP contribution is -2.29. The predicted octanol–water partition coefficient (Wildman–Crippen LogP) is 1.60. The lowest BCUT2D eigenvalue weighted by Gasteiger charge is -2.14. The number of hydrogen-bond acceptors (Lipinski definition) is 6. The molecule has 0 fully saturated rings. The summed E-state index contributed by atoms with van der Waals surface area (Å²) >= 11 is 0. The average Bonchev–Trinajstić information content (AvgIpc) is 3.12. The van der Waals surface area contributed by atoms with E-state index in [-0.39, 0.29) is 23.7 Å². The van der Waals surface area contributed by atoms with Crippen LogP contribution in [0, 0.1) is 0 Å². The lowest BCUT2D eigenvalue weighted by molar-refractivity contribution is 0.158. The number of benzene rings is 2. The second kappa shape index (κ2) is 8.18. The Morgan fingerprint density at radius 3 is 2.50 bits per heavy atom. The van der Waals surface area contributed by atoms with E-state index in [4.69, 9.17) is 0 Å². The van der Waals surface area contributed by atoms with E-state index in [2.05, 4.69) is 20.5 Å². The minimum absolute atomic E-state index is 0.0466. The molecular formula is C21H20N6O3. The van der Waals surface area contributed by atoms with Crippen molar-refractivity contribution in [2.45, 2.75) is 12.6 Å². The largest absolute Gasteiger partial charge is 0.387 e. The number of hydrazone groups is 1. The Morgan fingerprint density at radius 1 is 1.13 bits per heavy atom. The van der Waals surface area contributed by atoms with Gasteiger partial charge >= 0.3 is 5.69 Å². The molecule has 1 unspecified atom stereocenters. The molecule has 0 saturated carbocycles. The molecule has 0 amide bonds. The number of nitrogens with one attached hydrogen (secondary N) is 2. The summed E-state index contributed by atoms with van der Waals surface area (Å²) < 4.78 is 2.77. The number of imidazole rings is 1. The van der Waals surface area contributed by atoms with Crippen LogP contribution < -0.4 is 16.7 Å². The minimum atomic E-state index is -0.890. The van der Waals surface area contributed by atoms with Crippen molar-refractivity contribution >= 4 is 23.3 Å². The van der Waals surface area contributed by atoms with E-state index < -0.39 is 17.4 Å². The first-order valence-corrected chi connectivity index (χ1v) is 9.31. The number of H-pyrrole nitrogens is 1. The predicted molar refractivity (Wildman–Crippen MR) is 115 cm³/mol. The fourth-order valence-electron chi connectivity index (χ4n) is 3.15. The Morgan fingerprint density at radius 2 is 1.80 bits per heavy atom. The molecule has 2 aromatic heterocycles. The fraction of sp³-hybridized carbons (Fsp3) is 0.143. The van der Waals surface area contributed by atoms with Gasteiger partial charge in [-0.25, -0.2) is 10.2 Å². The van der Waals surface area contributed by atoms with Gasteiger partial charge < -0.3 is 5.11 Å². The van der Waals surface area contributed by atoms with E-state index in [0.29, 0.717) is 5.56 Å². The molecule has 3 N–H and O–H groups in total. The molecule has 2 heterocycles. The second-order valence-electron chi connectivity index (χ2n) is 6.74. The third kappa shape index (κ3) is 3.78. The van der Waals surface area contributed by atoms with Gasteiger partial charge in [-0.1, -0.05) is 60.7 Å². The number of aliphatic hydroxyl groups excluding tert-OH is 1. The van der Waals surface area contributed by atoms with Gasteiger partial charge in [0.25, 0.3) is 5.56 Å². The van der Waals surface area contributed by atoms with Gasteiger partial charge in [0.15, 0.2) is 11.2 Å². The lowest BCUT2D eigenvalue weighted by atomic mass is 10.1. The molecule has 4 aromatic rings. The summed E-state index contributed by atoms with van der Waals surface area (Å²) in [5.74, 6) is 0.235. The Balaban J connectivity index is 1.76. The van der Waals surface area contributed by atoms with E-state index in [1.807, 2.05) is 48.5 Å². The molecule has 0 aliphatic heterocycles. The van der Waals surface area contributed by atoms with Crippen LogP contribution >= 0.6 is 0 Å². The first kappa shape index (κ1) is 19.3. The summed E-state index contributed by atoms with van der Waals surface area (Å²) in [7, 11) is 1.52. The van der Waals surface area contributed by atoms with Gasteiger partial charge in [-0.15, -0.1) is 0 Å². The van der Waals surface area contributed by atoms with Crippen LogP contribution in [0.3, 0.4) is 0 Å². The summed E-state index contributed by atoms with van der Waals surface area (Å²) in [5.41, 5.74) is 3.61. The van der Waals surface area contributed by atoms with E-state index in [0.717, 1.165) is 5.56 Å². The number of aryl methyl sites for hydroxylation is 1. The van der Waals surface area contributed by atoms with Crippen LogP contribution in [-0.4, -0.2) is 30.4 Å². The zero-order valence-corrected chi connectivity index (χ0v) is 16.2. The maximum absolute atomic E-state index is 12.5. The van der Waals surface area contributed by atoms with Gasteiger partial charge in [-0.2, -0.15) is 10.1 Å². The molecule has 2 aromatic carbocycles. The van der Waals surface area contributed by atoms with Gasteiger partial charge in [0.05, 0.1) is 18.9 Å². The van der Waals surface area contributed by atoms with Crippen LogP contribution in [-0.2, 0) is 13.6 Å². The Bertz CT molecular complexity index is 1310. The Hall–Kier alpha value is -3.98. The molecular weight excluding hydrogens is 384 g/mol. The molecule has 0 saturated heterocycles. The highest BCUT2D eigenvalue weighted by atomic mass is 16.3. The molecule has 30 heavy (non-hydrogen) atoms. The number of anilines is 1. The first-order chi connectivity index (χ1) is 14.5. The maximum Gasteiger partial charge on any atom is 0.329 e. The molecule has 4 rings (SSSR count). The number of aromatic amines is 1. The monoisotopic (exact) mass is 404 g/mol. The van der Waals surface area contributed by atoms with E-state index in [1.54, 1.807) is 18.3 Å². The van der Waals surface area contributed by atoms with Crippen LogP contribution in [0.15, 0.2) is 75.4 Å². The molecule has 9 nitrogen and oxygen atoms in total. The molecule has 0 radical (unpaired) electrons. The zero-order valence-electron chi connectivity index (χ0n) is 16.2. The molecule has 0 aliphatic carbocycles. The third-order valence-corrected chi connectivity index (χ3v) is 4.72. The van der Waals surface area contributed by atoms with Crippen molar-refractivity contribution < 1.29 is 5.11 Å². The van der Waals surface area contributed by atoms with Crippen molar-refractivity contribution in [3.63, 3.8) is 0 Å². The Labute approximate surface area is 171 Å². The maximum atomic E-state index is 12.5. The van der Waals surface area contributed by atoms with E-state index in [9.17, 15) is 14.7 Å². The van der Waals surface area contributed by atoms with E-state index >= 15 is 0 Å². The van der Waals surface area contributed by atoms with Gasteiger partial charge in [-0.3, -0.25) is 18.9 Å².